The summed E-state index contributed by atoms with van der Waals surface area (Å²) in [6.07, 6.45) is 0. The molecule has 0 aliphatic rings. The summed E-state index contributed by atoms with van der Waals surface area (Å²) in [5, 5.41) is 11.5. The number of hydrogen-bond donors (Lipinski definition) is 1. The summed E-state index contributed by atoms with van der Waals surface area (Å²) in [6, 6.07) is 10.7. The Morgan fingerprint density at radius 1 is 1.15 bits per heavy atom. The number of hydrogen-bond acceptors (Lipinski definition) is 2. The van der Waals surface area contributed by atoms with Gasteiger partial charge in [0.2, 0.25) is 0 Å². The van der Waals surface area contributed by atoms with Gasteiger partial charge in [-0.05, 0) is 68.3 Å². The highest BCUT2D eigenvalue weighted by Crippen LogP contribution is 2.25. The number of carbonyl (C=O) groups is 1. The quantitative estimate of drug-likeness (QED) is 0.812. The predicted molar refractivity (Wildman–Crippen MR) is 80.9 cm³/mol. The maximum absolute atomic E-state index is 13.0. The number of nitriles is 1. The average molecular weight is 398 g/mol. The minimum Gasteiger partial charge on any atom is -0.321 e. The Kier molecular flexibility index (Phi) is 4.53. The summed E-state index contributed by atoms with van der Waals surface area (Å²) in [5.74, 6) is -0.796. The van der Waals surface area contributed by atoms with Crippen molar-refractivity contribution >= 4 is 43.5 Å². The van der Waals surface area contributed by atoms with E-state index in [0.29, 0.717) is 25.8 Å². The molecule has 2 aromatic rings. The van der Waals surface area contributed by atoms with Gasteiger partial charge in [-0.3, -0.25) is 4.79 Å². The second-order valence-corrected chi connectivity index (χ2v) is 5.59. The molecule has 0 saturated heterocycles. The van der Waals surface area contributed by atoms with Crippen LogP contribution in [0.15, 0.2) is 45.3 Å². The van der Waals surface area contributed by atoms with Crippen molar-refractivity contribution in [2.24, 2.45) is 0 Å². The Hall–Kier alpha value is -1.71. The highest BCUT2D eigenvalue weighted by molar-refractivity contribution is 9.11. The molecule has 0 atom stereocenters. The van der Waals surface area contributed by atoms with Gasteiger partial charge in [0.1, 0.15) is 5.82 Å². The molecule has 0 unspecified atom stereocenters. The van der Waals surface area contributed by atoms with Crippen LogP contribution in [0.4, 0.5) is 10.1 Å². The van der Waals surface area contributed by atoms with Crippen molar-refractivity contribution in [3.8, 4) is 6.07 Å². The SMILES string of the molecule is N#Cc1ccc(NC(=O)c2ccc(F)cc2Br)c(Br)c1. The van der Waals surface area contributed by atoms with E-state index in [1.54, 1.807) is 18.2 Å². The zero-order valence-electron chi connectivity index (χ0n) is 9.95. The van der Waals surface area contributed by atoms with Crippen LogP contribution in [0.5, 0.6) is 0 Å². The first-order valence-electron chi connectivity index (χ1n) is 5.47. The molecule has 3 nitrogen and oxygen atoms in total. The van der Waals surface area contributed by atoms with E-state index in [2.05, 4.69) is 37.2 Å². The van der Waals surface area contributed by atoms with E-state index >= 15 is 0 Å². The lowest BCUT2D eigenvalue weighted by Gasteiger charge is -2.09. The zero-order valence-corrected chi connectivity index (χ0v) is 13.1. The molecule has 2 aromatic carbocycles. The van der Waals surface area contributed by atoms with E-state index in [0.717, 1.165) is 0 Å². The standard InChI is InChI=1S/C14H7Br2FN2O/c15-11-6-9(17)2-3-10(11)14(20)19-13-4-1-8(7-18)5-12(13)16/h1-6H,(H,19,20). The van der Waals surface area contributed by atoms with Crippen molar-refractivity contribution in [2.45, 2.75) is 0 Å². The van der Waals surface area contributed by atoms with Crippen LogP contribution in [0, 0.1) is 17.1 Å². The van der Waals surface area contributed by atoms with Crippen molar-refractivity contribution in [2.75, 3.05) is 5.32 Å². The molecule has 2 rings (SSSR count). The number of benzene rings is 2. The van der Waals surface area contributed by atoms with E-state index in [-0.39, 0.29) is 5.91 Å². The third-order valence-electron chi connectivity index (χ3n) is 2.52. The molecule has 100 valence electrons. The van der Waals surface area contributed by atoms with Crippen LogP contribution in [0.3, 0.4) is 0 Å². The van der Waals surface area contributed by atoms with Crippen molar-refractivity contribution in [1.29, 1.82) is 5.26 Å². The minimum absolute atomic E-state index is 0.322. The number of rotatable bonds is 2. The van der Waals surface area contributed by atoms with Gasteiger partial charge in [0.05, 0.1) is 22.9 Å². The lowest BCUT2D eigenvalue weighted by molar-refractivity contribution is 0.102. The van der Waals surface area contributed by atoms with E-state index in [1.807, 2.05) is 6.07 Å². The highest BCUT2D eigenvalue weighted by Gasteiger charge is 2.12. The van der Waals surface area contributed by atoms with Crippen LogP contribution in [-0.4, -0.2) is 5.91 Å². The second-order valence-electron chi connectivity index (χ2n) is 3.88. The Bertz CT molecular complexity index is 726. The van der Waals surface area contributed by atoms with Crippen LogP contribution in [-0.2, 0) is 0 Å². The van der Waals surface area contributed by atoms with E-state index in [1.165, 1.54) is 18.2 Å². The summed E-state index contributed by atoms with van der Waals surface area (Å²) in [6.45, 7) is 0. The molecule has 1 amide bonds. The number of halogens is 3. The molecule has 0 fully saturated rings. The zero-order chi connectivity index (χ0) is 14.7. The number of nitrogens with zero attached hydrogens (tertiary/aromatic N) is 1. The topological polar surface area (TPSA) is 52.9 Å². The van der Waals surface area contributed by atoms with Crippen molar-refractivity contribution < 1.29 is 9.18 Å². The molecule has 0 aliphatic carbocycles. The molecule has 0 heterocycles. The van der Waals surface area contributed by atoms with Crippen molar-refractivity contribution in [3.63, 3.8) is 0 Å². The summed E-state index contributed by atoms with van der Waals surface area (Å²) < 4.78 is 14.0. The third-order valence-corrected chi connectivity index (χ3v) is 3.83. The molecular weight excluding hydrogens is 391 g/mol. The van der Waals surface area contributed by atoms with E-state index in [9.17, 15) is 9.18 Å². The van der Waals surface area contributed by atoms with Crippen LogP contribution >= 0.6 is 31.9 Å². The molecule has 0 spiro atoms. The van der Waals surface area contributed by atoms with Gasteiger partial charge in [0.25, 0.3) is 5.91 Å². The van der Waals surface area contributed by atoms with Crippen molar-refractivity contribution in [3.05, 3.63) is 62.3 Å². The first-order chi connectivity index (χ1) is 9.51. The fraction of sp³-hybridized carbons (Fsp3) is 0. The monoisotopic (exact) mass is 396 g/mol. The van der Waals surface area contributed by atoms with Gasteiger partial charge in [0.15, 0.2) is 0 Å². The van der Waals surface area contributed by atoms with E-state index in [4.69, 9.17) is 5.26 Å². The molecule has 0 aliphatic heterocycles. The molecule has 0 aromatic heterocycles. The Morgan fingerprint density at radius 3 is 2.50 bits per heavy atom. The fourth-order valence-electron chi connectivity index (χ4n) is 1.55. The highest BCUT2D eigenvalue weighted by atomic mass is 79.9. The number of anilines is 1. The number of amides is 1. The van der Waals surface area contributed by atoms with Gasteiger partial charge in [-0.25, -0.2) is 4.39 Å². The molecular formula is C14H7Br2FN2O. The van der Waals surface area contributed by atoms with Crippen LogP contribution in [0.1, 0.15) is 15.9 Å². The van der Waals surface area contributed by atoms with E-state index < -0.39 is 5.82 Å². The summed E-state index contributed by atoms with van der Waals surface area (Å²) >= 11 is 6.43. The van der Waals surface area contributed by atoms with Gasteiger partial charge < -0.3 is 5.32 Å². The summed E-state index contributed by atoms with van der Waals surface area (Å²) in [4.78, 5) is 12.1. The summed E-state index contributed by atoms with van der Waals surface area (Å²) in [5.41, 5.74) is 1.34. The average Bonchev–Trinajstić information content (AvgIpc) is 2.40. The molecule has 0 radical (unpaired) electrons. The Balaban J connectivity index is 2.26. The normalized spacial score (nSPS) is 9.90. The first kappa shape index (κ1) is 14.7. The van der Waals surface area contributed by atoms with Gasteiger partial charge >= 0.3 is 0 Å². The van der Waals surface area contributed by atoms with Crippen LogP contribution in [0.25, 0.3) is 0 Å². The smallest absolute Gasteiger partial charge is 0.256 e. The first-order valence-corrected chi connectivity index (χ1v) is 7.06. The van der Waals surface area contributed by atoms with Gasteiger partial charge in [-0.15, -0.1) is 0 Å². The van der Waals surface area contributed by atoms with Crippen molar-refractivity contribution in [1.82, 2.24) is 0 Å². The lowest BCUT2D eigenvalue weighted by Crippen LogP contribution is -2.13. The maximum Gasteiger partial charge on any atom is 0.256 e. The largest absolute Gasteiger partial charge is 0.321 e. The fourth-order valence-corrected chi connectivity index (χ4v) is 2.56. The summed E-state index contributed by atoms with van der Waals surface area (Å²) in [7, 11) is 0. The minimum atomic E-state index is -0.423. The van der Waals surface area contributed by atoms with Gasteiger partial charge in [-0.1, -0.05) is 0 Å². The molecule has 20 heavy (non-hydrogen) atoms. The molecule has 6 heteroatoms. The lowest BCUT2D eigenvalue weighted by atomic mass is 10.2. The number of nitrogens with one attached hydrogen (secondary N) is 1. The van der Waals surface area contributed by atoms with Crippen LogP contribution in [0.2, 0.25) is 0 Å². The molecule has 0 bridgehead atoms. The van der Waals surface area contributed by atoms with Crippen LogP contribution < -0.4 is 5.32 Å². The number of carbonyl (C=O) groups excluding carboxylic acids is 1. The molecule has 0 saturated carbocycles. The van der Waals surface area contributed by atoms with Gasteiger partial charge in [0, 0.05) is 8.95 Å². The third kappa shape index (κ3) is 3.24. The predicted octanol–water partition coefficient (Wildman–Crippen LogP) is 4.47. The Labute approximate surface area is 131 Å². The second kappa shape index (κ2) is 6.16. The van der Waals surface area contributed by atoms with Gasteiger partial charge in [-0.2, -0.15) is 5.26 Å². The molecule has 1 N–H and O–H groups in total. The Morgan fingerprint density at radius 2 is 1.90 bits per heavy atom. The maximum atomic E-state index is 13.0.